The molecule has 2 heteroatoms. The Bertz CT molecular complexity index is 123. The molecule has 0 aromatic heterocycles. The summed E-state index contributed by atoms with van der Waals surface area (Å²) in [7, 11) is 0. The zero-order chi connectivity index (χ0) is 7.28. The van der Waals surface area contributed by atoms with Gasteiger partial charge in [-0.15, -0.1) is 0 Å². The van der Waals surface area contributed by atoms with E-state index in [0.29, 0.717) is 6.42 Å². The number of hydrogen-bond donors (Lipinski definition) is 0. The second kappa shape index (κ2) is 4.50. The molecule has 0 aromatic carbocycles. The molecule has 0 aliphatic heterocycles. The van der Waals surface area contributed by atoms with Crippen LogP contribution in [0.5, 0.6) is 0 Å². The van der Waals surface area contributed by atoms with Crippen LogP contribution >= 0.6 is 12.6 Å². The molecule has 51 valence electrons. The number of rotatable bonds is 3. The average molecular weight is 143 g/mol. The van der Waals surface area contributed by atoms with E-state index in [2.05, 4.69) is 12.6 Å². The first kappa shape index (κ1) is 8.63. The zero-order valence-electron chi connectivity index (χ0n) is 5.81. The van der Waals surface area contributed by atoms with Crippen molar-refractivity contribution in [2.75, 3.05) is 0 Å². The highest BCUT2D eigenvalue weighted by molar-refractivity contribution is 7.96. The van der Waals surface area contributed by atoms with Gasteiger partial charge >= 0.3 is 0 Å². The first-order valence-corrected chi connectivity index (χ1v) is 3.37. The number of hydrogen-bond acceptors (Lipinski definition) is 1. The molecule has 0 aliphatic rings. The molecule has 0 amide bonds. The molecule has 0 N–H and O–H groups in total. The van der Waals surface area contributed by atoms with Gasteiger partial charge in [0.05, 0.1) is 0 Å². The Labute approximate surface area is 61.6 Å². The molecule has 0 aliphatic carbocycles. The fraction of sp³-hybridized carbons (Fsp3) is 0.571. The van der Waals surface area contributed by atoms with Crippen LogP contribution < -0.4 is 0 Å². The minimum atomic E-state index is -0.146. The van der Waals surface area contributed by atoms with Crippen LogP contribution in [0.1, 0.15) is 26.7 Å². The van der Waals surface area contributed by atoms with Crippen LogP contribution in [0, 0.1) is 0 Å². The lowest BCUT2D eigenvalue weighted by atomic mass is 10.2. The molecule has 0 bridgehead atoms. The Morgan fingerprint density at radius 2 is 2.11 bits per heavy atom. The van der Waals surface area contributed by atoms with Crippen LogP contribution in [0.4, 0.5) is 0 Å². The highest BCUT2D eigenvalue weighted by atomic mass is 32.1. The van der Waals surface area contributed by atoms with Gasteiger partial charge in [0.1, 0.15) is 0 Å². The summed E-state index contributed by atoms with van der Waals surface area (Å²) in [5.41, 5.74) is 1.24. The van der Waals surface area contributed by atoms with Gasteiger partial charge in [-0.2, -0.15) is 0 Å². The largest absolute Gasteiger partial charge is 0.282 e. The van der Waals surface area contributed by atoms with Crippen molar-refractivity contribution in [3.05, 3.63) is 11.6 Å². The maximum absolute atomic E-state index is 10.2. The predicted molar refractivity (Wildman–Crippen MR) is 41.3 cm³/mol. The normalized spacial score (nSPS) is 8.67. The summed E-state index contributed by atoms with van der Waals surface area (Å²) in [6, 6.07) is 0. The number of carbonyl (C=O) groups is 1. The molecule has 0 saturated carbocycles. The second-order valence-corrected chi connectivity index (χ2v) is 2.65. The van der Waals surface area contributed by atoms with Crippen molar-refractivity contribution >= 4 is 17.7 Å². The Kier molecular flexibility index (Phi) is 4.32. The minimum Gasteiger partial charge on any atom is -0.282 e. The highest BCUT2D eigenvalue weighted by Crippen LogP contribution is 1.98. The molecule has 0 aromatic rings. The highest BCUT2D eigenvalue weighted by Gasteiger charge is 1.90. The summed E-state index contributed by atoms with van der Waals surface area (Å²) in [6.07, 6.45) is 3.31. The van der Waals surface area contributed by atoms with Crippen LogP contribution in [0.25, 0.3) is 0 Å². The molecular formula is C7H11OS. The van der Waals surface area contributed by atoms with E-state index in [4.69, 9.17) is 0 Å². The van der Waals surface area contributed by atoms with Gasteiger partial charge in [-0.25, -0.2) is 0 Å². The van der Waals surface area contributed by atoms with E-state index < -0.39 is 0 Å². The Balaban J connectivity index is 3.31. The van der Waals surface area contributed by atoms with Crippen LogP contribution in [0.15, 0.2) is 11.6 Å². The monoisotopic (exact) mass is 143 g/mol. The van der Waals surface area contributed by atoms with Gasteiger partial charge in [-0.3, -0.25) is 4.79 Å². The SMILES string of the molecule is CC(C)=CCCC(=O)[S]. The van der Waals surface area contributed by atoms with E-state index in [0.717, 1.165) is 6.42 Å². The van der Waals surface area contributed by atoms with E-state index in [1.807, 2.05) is 19.9 Å². The van der Waals surface area contributed by atoms with Crippen LogP contribution in [-0.2, 0) is 4.79 Å². The second-order valence-electron chi connectivity index (χ2n) is 2.19. The molecule has 0 unspecified atom stereocenters. The molecular weight excluding hydrogens is 132 g/mol. The van der Waals surface area contributed by atoms with Gasteiger partial charge in [0, 0.05) is 6.42 Å². The van der Waals surface area contributed by atoms with Crippen molar-refractivity contribution < 1.29 is 4.79 Å². The third kappa shape index (κ3) is 7.63. The molecule has 0 saturated heterocycles. The summed E-state index contributed by atoms with van der Waals surface area (Å²) in [4.78, 5) is 10.2. The van der Waals surface area contributed by atoms with E-state index in [1.54, 1.807) is 0 Å². The van der Waals surface area contributed by atoms with E-state index in [9.17, 15) is 4.79 Å². The molecule has 0 fully saturated rings. The number of carbonyl (C=O) groups excluding carboxylic acids is 1. The van der Waals surface area contributed by atoms with Crippen molar-refractivity contribution in [3.63, 3.8) is 0 Å². The summed E-state index contributed by atoms with van der Waals surface area (Å²) < 4.78 is 0. The molecule has 0 spiro atoms. The van der Waals surface area contributed by atoms with Crippen molar-refractivity contribution in [2.24, 2.45) is 0 Å². The Hall–Kier alpha value is -0.370. The van der Waals surface area contributed by atoms with Crippen LogP contribution in [0.3, 0.4) is 0 Å². The Morgan fingerprint density at radius 1 is 1.56 bits per heavy atom. The predicted octanol–water partition coefficient (Wildman–Crippen LogP) is 2.46. The van der Waals surface area contributed by atoms with Crippen molar-refractivity contribution in [1.29, 1.82) is 0 Å². The molecule has 0 rings (SSSR count). The van der Waals surface area contributed by atoms with Gasteiger partial charge in [0.2, 0.25) is 5.12 Å². The smallest absolute Gasteiger partial charge is 0.219 e. The van der Waals surface area contributed by atoms with Gasteiger partial charge in [-0.1, -0.05) is 11.6 Å². The molecule has 0 atom stereocenters. The lowest BCUT2D eigenvalue weighted by molar-refractivity contribution is -0.110. The average Bonchev–Trinajstić information content (AvgIpc) is 1.63. The fourth-order valence-corrected chi connectivity index (χ4v) is 0.597. The van der Waals surface area contributed by atoms with E-state index in [-0.39, 0.29) is 5.12 Å². The first-order valence-electron chi connectivity index (χ1n) is 2.96. The minimum absolute atomic E-state index is 0.146. The van der Waals surface area contributed by atoms with E-state index in [1.165, 1.54) is 5.57 Å². The zero-order valence-corrected chi connectivity index (χ0v) is 6.62. The van der Waals surface area contributed by atoms with Crippen molar-refractivity contribution in [1.82, 2.24) is 0 Å². The third-order valence-electron chi connectivity index (χ3n) is 0.901. The van der Waals surface area contributed by atoms with Gasteiger partial charge in [-0.05, 0) is 32.9 Å². The van der Waals surface area contributed by atoms with Gasteiger partial charge in [0.15, 0.2) is 0 Å². The van der Waals surface area contributed by atoms with Gasteiger partial charge in [0.25, 0.3) is 0 Å². The van der Waals surface area contributed by atoms with Crippen LogP contribution in [0.2, 0.25) is 0 Å². The topological polar surface area (TPSA) is 17.1 Å². The summed E-state index contributed by atoms with van der Waals surface area (Å²) in [6.45, 7) is 4.02. The quantitative estimate of drug-likeness (QED) is 0.555. The molecule has 9 heavy (non-hydrogen) atoms. The fourth-order valence-electron chi connectivity index (χ4n) is 0.479. The van der Waals surface area contributed by atoms with Crippen molar-refractivity contribution in [3.8, 4) is 0 Å². The standard InChI is InChI=1S/C7H11OS/c1-6(2)4-3-5-7(8)9/h4H,3,5H2,1-2H3. The Morgan fingerprint density at radius 3 is 2.44 bits per heavy atom. The molecule has 1 radical (unpaired) electrons. The lowest BCUT2D eigenvalue weighted by Gasteiger charge is -1.87. The maximum atomic E-state index is 10.2. The van der Waals surface area contributed by atoms with Crippen molar-refractivity contribution in [2.45, 2.75) is 26.7 Å². The molecule has 0 heterocycles. The summed E-state index contributed by atoms with van der Waals surface area (Å²) >= 11 is 4.36. The summed E-state index contributed by atoms with van der Waals surface area (Å²) in [5, 5.41) is -0.146. The van der Waals surface area contributed by atoms with Gasteiger partial charge < -0.3 is 0 Å². The third-order valence-corrected chi connectivity index (χ3v) is 1.11. The van der Waals surface area contributed by atoms with E-state index >= 15 is 0 Å². The lowest BCUT2D eigenvalue weighted by Crippen LogP contribution is -1.82. The van der Waals surface area contributed by atoms with Crippen LogP contribution in [-0.4, -0.2) is 5.12 Å². The maximum Gasteiger partial charge on any atom is 0.219 e. The summed E-state index contributed by atoms with van der Waals surface area (Å²) in [5.74, 6) is 0. The first-order chi connectivity index (χ1) is 4.13. The number of allylic oxidation sites excluding steroid dienone is 2. The molecule has 1 nitrogen and oxygen atoms in total.